The second-order valence-corrected chi connectivity index (χ2v) is 6.69. The average molecular weight is 276 g/mol. The van der Waals surface area contributed by atoms with Gasteiger partial charge in [0.2, 0.25) is 0 Å². The monoisotopic (exact) mass is 276 g/mol. The number of nitrogens with zero attached hydrogens (tertiary/aromatic N) is 3. The van der Waals surface area contributed by atoms with Gasteiger partial charge >= 0.3 is 0 Å². The lowest BCUT2D eigenvalue weighted by Gasteiger charge is -2.37. The maximum Gasteiger partial charge on any atom is 0.141 e. The minimum Gasteiger partial charge on any atom is -0.353 e. The van der Waals surface area contributed by atoms with E-state index in [0.717, 1.165) is 30.0 Å². The van der Waals surface area contributed by atoms with Crippen LogP contribution >= 0.6 is 11.3 Å². The molecule has 102 valence electrons. The smallest absolute Gasteiger partial charge is 0.141 e. The number of aryl methyl sites for hydroxylation is 2. The van der Waals surface area contributed by atoms with Gasteiger partial charge in [-0.2, -0.15) is 0 Å². The molecule has 0 saturated carbocycles. The van der Waals surface area contributed by atoms with E-state index in [1.54, 1.807) is 17.7 Å². The molecular weight excluding hydrogens is 256 g/mol. The first-order chi connectivity index (χ1) is 9.08. The Bertz CT molecular complexity index is 607. The quantitative estimate of drug-likeness (QED) is 0.870. The Kier molecular flexibility index (Phi) is 3.19. The Labute approximate surface area is 117 Å². The Morgan fingerprint density at radius 3 is 2.89 bits per heavy atom. The third kappa shape index (κ3) is 2.11. The topological polar surface area (TPSA) is 55.0 Å². The number of rotatable bonds is 1. The van der Waals surface area contributed by atoms with Crippen LogP contribution < -0.4 is 10.6 Å². The maximum atomic E-state index is 6.05. The predicted octanol–water partition coefficient (Wildman–Crippen LogP) is 2.62. The van der Waals surface area contributed by atoms with Gasteiger partial charge in [0.1, 0.15) is 17.0 Å². The zero-order valence-corrected chi connectivity index (χ0v) is 12.5. The van der Waals surface area contributed by atoms with Gasteiger partial charge in [0, 0.05) is 23.5 Å². The number of fused-ring (bicyclic) bond motifs is 1. The van der Waals surface area contributed by atoms with Crippen LogP contribution in [0.3, 0.4) is 0 Å². The molecule has 3 heterocycles. The largest absolute Gasteiger partial charge is 0.353 e. The van der Waals surface area contributed by atoms with Crippen molar-refractivity contribution < 1.29 is 0 Å². The fourth-order valence-electron chi connectivity index (χ4n) is 2.90. The first kappa shape index (κ1) is 12.8. The van der Waals surface area contributed by atoms with Gasteiger partial charge in [0.05, 0.1) is 5.39 Å². The highest BCUT2D eigenvalue weighted by Crippen LogP contribution is 2.36. The summed E-state index contributed by atoms with van der Waals surface area (Å²) in [6, 6.07) is 0.773. The van der Waals surface area contributed by atoms with Crippen LogP contribution in [-0.2, 0) is 0 Å². The van der Waals surface area contributed by atoms with Crippen molar-refractivity contribution in [3.8, 4) is 0 Å². The lowest BCUT2D eigenvalue weighted by atomic mass is 9.98. The molecule has 0 spiro atoms. The summed E-state index contributed by atoms with van der Waals surface area (Å²) in [6.07, 6.45) is 3.76. The van der Waals surface area contributed by atoms with Crippen LogP contribution in [-0.4, -0.2) is 28.6 Å². The lowest BCUT2D eigenvalue weighted by molar-refractivity contribution is 0.428. The summed E-state index contributed by atoms with van der Waals surface area (Å²) >= 11 is 1.76. The SMILES string of the molecule is Cc1sc2ncnc(N3CCC(N)CC3C)c2c1C. The van der Waals surface area contributed by atoms with E-state index in [-0.39, 0.29) is 0 Å². The number of aromatic nitrogens is 2. The van der Waals surface area contributed by atoms with Crippen molar-refractivity contribution in [3.05, 3.63) is 16.8 Å². The summed E-state index contributed by atoms with van der Waals surface area (Å²) < 4.78 is 0. The Hall–Kier alpha value is -1.20. The van der Waals surface area contributed by atoms with E-state index in [2.05, 4.69) is 35.6 Å². The molecule has 0 radical (unpaired) electrons. The molecule has 0 aliphatic carbocycles. The van der Waals surface area contributed by atoms with Crippen molar-refractivity contribution >= 4 is 27.4 Å². The van der Waals surface area contributed by atoms with Crippen LogP contribution in [0, 0.1) is 13.8 Å². The van der Waals surface area contributed by atoms with Gasteiger partial charge in [-0.15, -0.1) is 11.3 Å². The summed E-state index contributed by atoms with van der Waals surface area (Å²) in [6.45, 7) is 7.55. The second kappa shape index (κ2) is 4.72. The number of anilines is 1. The normalized spacial score (nSPS) is 24.1. The van der Waals surface area contributed by atoms with Crippen LogP contribution in [0.15, 0.2) is 6.33 Å². The van der Waals surface area contributed by atoms with Crippen molar-refractivity contribution in [1.82, 2.24) is 9.97 Å². The van der Waals surface area contributed by atoms with Gasteiger partial charge in [0.25, 0.3) is 0 Å². The molecule has 1 saturated heterocycles. The zero-order chi connectivity index (χ0) is 13.6. The number of hydrogen-bond acceptors (Lipinski definition) is 5. The van der Waals surface area contributed by atoms with Crippen LogP contribution in [0.2, 0.25) is 0 Å². The molecule has 0 aromatic carbocycles. The second-order valence-electron chi connectivity index (χ2n) is 5.49. The Morgan fingerprint density at radius 2 is 2.16 bits per heavy atom. The fraction of sp³-hybridized carbons (Fsp3) is 0.571. The Balaban J connectivity index is 2.10. The van der Waals surface area contributed by atoms with E-state index in [1.165, 1.54) is 15.8 Å². The molecule has 0 bridgehead atoms. The van der Waals surface area contributed by atoms with Crippen molar-refractivity contribution in [2.24, 2.45) is 5.73 Å². The molecule has 2 unspecified atom stereocenters. The number of piperidine rings is 1. The van der Waals surface area contributed by atoms with Gasteiger partial charge in [-0.25, -0.2) is 9.97 Å². The van der Waals surface area contributed by atoms with Gasteiger partial charge in [0.15, 0.2) is 0 Å². The highest BCUT2D eigenvalue weighted by Gasteiger charge is 2.26. The van der Waals surface area contributed by atoms with Crippen molar-refractivity contribution in [1.29, 1.82) is 0 Å². The molecule has 2 aromatic heterocycles. The first-order valence-corrected chi connectivity index (χ1v) is 7.62. The van der Waals surface area contributed by atoms with Crippen LogP contribution in [0.4, 0.5) is 5.82 Å². The molecule has 1 fully saturated rings. The molecular formula is C14H20N4S. The van der Waals surface area contributed by atoms with Crippen LogP contribution in [0.25, 0.3) is 10.2 Å². The van der Waals surface area contributed by atoms with Crippen LogP contribution in [0.5, 0.6) is 0 Å². The molecule has 3 rings (SSSR count). The highest BCUT2D eigenvalue weighted by atomic mass is 32.1. The van der Waals surface area contributed by atoms with Crippen molar-refractivity contribution in [2.75, 3.05) is 11.4 Å². The van der Waals surface area contributed by atoms with E-state index in [4.69, 9.17) is 5.73 Å². The number of nitrogens with two attached hydrogens (primary N) is 1. The minimum absolute atomic E-state index is 0.328. The molecule has 0 amide bonds. The van der Waals surface area contributed by atoms with E-state index >= 15 is 0 Å². The van der Waals surface area contributed by atoms with Gasteiger partial charge in [-0.1, -0.05) is 0 Å². The van der Waals surface area contributed by atoms with Gasteiger partial charge < -0.3 is 10.6 Å². The van der Waals surface area contributed by atoms with Crippen molar-refractivity contribution in [2.45, 2.75) is 45.7 Å². The molecule has 1 aliphatic rings. The van der Waals surface area contributed by atoms with E-state index in [9.17, 15) is 0 Å². The standard InChI is InChI=1S/C14H20N4S/c1-8-6-11(15)4-5-18(8)13-12-9(2)10(3)19-14(12)17-7-16-13/h7-8,11H,4-6,15H2,1-3H3. The summed E-state index contributed by atoms with van der Waals surface area (Å²) in [5.41, 5.74) is 7.37. The number of hydrogen-bond donors (Lipinski definition) is 1. The van der Waals surface area contributed by atoms with E-state index in [0.29, 0.717) is 12.1 Å². The summed E-state index contributed by atoms with van der Waals surface area (Å²) in [5.74, 6) is 1.09. The molecule has 2 atom stereocenters. The molecule has 1 aliphatic heterocycles. The maximum absolute atomic E-state index is 6.05. The highest BCUT2D eigenvalue weighted by molar-refractivity contribution is 7.18. The van der Waals surface area contributed by atoms with Gasteiger partial charge in [-0.3, -0.25) is 0 Å². The summed E-state index contributed by atoms with van der Waals surface area (Å²) in [5, 5.41) is 1.23. The molecule has 2 N–H and O–H groups in total. The molecule has 5 heteroatoms. The van der Waals surface area contributed by atoms with Crippen LogP contribution in [0.1, 0.15) is 30.2 Å². The molecule has 2 aromatic rings. The average Bonchev–Trinajstić information content (AvgIpc) is 2.65. The van der Waals surface area contributed by atoms with E-state index in [1.807, 2.05) is 0 Å². The summed E-state index contributed by atoms with van der Waals surface area (Å²) in [4.78, 5) is 13.8. The third-order valence-corrected chi connectivity index (χ3v) is 5.25. The van der Waals surface area contributed by atoms with Crippen molar-refractivity contribution in [3.63, 3.8) is 0 Å². The lowest BCUT2D eigenvalue weighted by Crippen LogP contribution is -2.46. The van der Waals surface area contributed by atoms with E-state index < -0.39 is 0 Å². The third-order valence-electron chi connectivity index (χ3n) is 4.13. The predicted molar refractivity (Wildman–Crippen MR) is 80.9 cm³/mol. The molecule has 19 heavy (non-hydrogen) atoms. The first-order valence-electron chi connectivity index (χ1n) is 6.81. The number of thiophene rings is 1. The summed E-state index contributed by atoms with van der Waals surface area (Å²) in [7, 11) is 0. The fourth-order valence-corrected chi connectivity index (χ4v) is 3.90. The van der Waals surface area contributed by atoms with Gasteiger partial charge in [-0.05, 0) is 39.2 Å². The minimum atomic E-state index is 0.328. The zero-order valence-electron chi connectivity index (χ0n) is 11.7. The molecule has 4 nitrogen and oxygen atoms in total. The Morgan fingerprint density at radius 1 is 1.37 bits per heavy atom.